The molecular formula is C13H26N2O. The van der Waals surface area contributed by atoms with Crippen molar-refractivity contribution in [2.75, 3.05) is 13.1 Å². The molecule has 0 atom stereocenters. The molecule has 0 aromatic carbocycles. The summed E-state index contributed by atoms with van der Waals surface area (Å²) >= 11 is 0. The van der Waals surface area contributed by atoms with Crippen LogP contribution in [-0.2, 0) is 4.79 Å². The van der Waals surface area contributed by atoms with Gasteiger partial charge in [-0.1, -0.05) is 19.8 Å². The molecule has 0 aliphatic heterocycles. The Bertz CT molecular complexity index is 234. The van der Waals surface area contributed by atoms with E-state index in [1.54, 1.807) is 0 Å². The predicted molar refractivity (Wildman–Crippen MR) is 67.1 cm³/mol. The van der Waals surface area contributed by atoms with Gasteiger partial charge in [-0.25, -0.2) is 0 Å². The van der Waals surface area contributed by atoms with E-state index in [1.807, 2.05) is 4.90 Å². The zero-order valence-corrected chi connectivity index (χ0v) is 11.0. The standard InChI is InChI=1S/C13H26N2O/c1-4-5-6-9-15(11(2)3)12(16)13(10-14)7-8-13/h11H,4-10,14H2,1-3H3. The molecule has 1 fully saturated rings. The van der Waals surface area contributed by atoms with Crippen molar-refractivity contribution in [3.63, 3.8) is 0 Å². The van der Waals surface area contributed by atoms with Crippen LogP contribution in [0.2, 0.25) is 0 Å². The summed E-state index contributed by atoms with van der Waals surface area (Å²) in [5.41, 5.74) is 5.53. The molecule has 0 aromatic heterocycles. The highest BCUT2D eigenvalue weighted by molar-refractivity contribution is 5.85. The Hall–Kier alpha value is -0.570. The molecule has 1 saturated carbocycles. The molecule has 1 rings (SSSR count). The number of hydrogen-bond acceptors (Lipinski definition) is 2. The molecule has 3 heteroatoms. The lowest BCUT2D eigenvalue weighted by Gasteiger charge is -2.30. The maximum absolute atomic E-state index is 12.3. The van der Waals surface area contributed by atoms with E-state index in [9.17, 15) is 4.79 Å². The first-order valence-electron chi connectivity index (χ1n) is 6.58. The van der Waals surface area contributed by atoms with Crippen LogP contribution in [0.4, 0.5) is 0 Å². The minimum absolute atomic E-state index is 0.184. The van der Waals surface area contributed by atoms with Gasteiger partial charge in [0.05, 0.1) is 5.41 Å². The molecule has 0 heterocycles. The molecule has 0 spiro atoms. The van der Waals surface area contributed by atoms with Crippen LogP contribution in [0.3, 0.4) is 0 Å². The summed E-state index contributed by atoms with van der Waals surface area (Å²) in [7, 11) is 0. The molecule has 0 saturated heterocycles. The van der Waals surface area contributed by atoms with E-state index >= 15 is 0 Å². The Morgan fingerprint density at radius 3 is 2.38 bits per heavy atom. The summed E-state index contributed by atoms with van der Waals surface area (Å²) in [6.45, 7) is 7.78. The van der Waals surface area contributed by atoms with Gasteiger partial charge in [-0.2, -0.15) is 0 Å². The zero-order chi connectivity index (χ0) is 12.2. The number of unbranched alkanes of at least 4 members (excludes halogenated alkanes) is 2. The third kappa shape index (κ3) is 2.97. The van der Waals surface area contributed by atoms with E-state index in [4.69, 9.17) is 5.73 Å². The van der Waals surface area contributed by atoms with Gasteiger partial charge in [0.15, 0.2) is 0 Å². The van der Waals surface area contributed by atoms with Crippen molar-refractivity contribution < 1.29 is 4.79 Å². The van der Waals surface area contributed by atoms with Gasteiger partial charge in [0.2, 0.25) is 5.91 Å². The van der Waals surface area contributed by atoms with Crippen molar-refractivity contribution in [3.8, 4) is 0 Å². The van der Waals surface area contributed by atoms with Crippen LogP contribution in [0.25, 0.3) is 0 Å². The molecule has 2 N–H and O–H groups in total. The average molecular weight is 226 g/mol. The second kappa shape index (κ2) is 5.67. The van der Waals surface area contributed by atoms with Gasteiger partial charge < -0.3 is 10.6 Å². The first-order valence-corrected chi connectivity index (χ1v) is 6.58. The van der Waals surface area contributed by atoms with Crippen LogP contribution >= 0.6 is 0 Å². The lowest BCUT2D eigenvalue weighted by atomic mass is 10.0. The van der Waals surface area contributed by atoms with Crippen LogP contribution in [0.5, 0.6) is 0 Å². The fraction of sp³-hybridized carbons (Fsp3) is 0.923. The smallest absolute Gasteiger partial charge is 0.230 e. The maximum atomic E-state index is 12.3. The lowest BCUT2D eigenvalue weighted by Crippen LogP contribution is -2.44. The van der Waals surface area contributed by atoms with Crippen molar-refractivity contribution in [3.05, 3.63) is 0 Å². The molecule has 0 bridgehead atoms. The minimum atomic E-state index is -0.184. The molecule has 0 radical (unpaired) electrons. The van der Waals surface area contributed by atoms with Crippen LogP contribution in [0, 0.1) is 5.41 Å². The summed E-state index contributed by atoms with van der Waals surface area (Å²) in [5, 5.41) is 0. The van der Waals surface area contributed by atoms with E-state index < -0.39 is 0 Å². The average Bonchev–Trinajstić information content (AvgIpc) is 3.04. The van der Waals surface area contributed by atoms with E-state index in [-0.39, 0.29) is 5.41 Å². The summed E-state index contributed by atoms with van der Waals surface area (Å²) < 4.78 is 0. The fourth-order valence-corrected chi connectivity index (χ4v) is 2.09. The molecule has 94 valence electrons. The summed E-state index contributed by atoms with van der Waals surface area (Å²) in [4.78, 5) is 14.4. The van der Waals surface area contributed by atoms with Gasteiger partial charge in [0, 0.05) is 19.1 Å². The van der Waals surface area contributed by atoms with Crippen LogP contribution in [-0.4, -0.2) is 29.9 Å². The molecule has 3 nitrogen and oxygen atoms in total. The first-order chi connectivity index (χ1) is 7.57. The summed E-state index contributed by atoms with van der Waals surface area (Å²) in [6.07, 6.45) is 5.48. The zero-order valence-electron chi connectivity index (χ0n) is 11.0. The normalized spacial score (nSPS) is 17.6. The molecule has 0 aromatic rings. The number of amides is 1. The topological polar surface area (TPSA) is 46.3 Å². The van der Waals surface area contributed by atoms with Crippen molar-refractivity contribution in [1.82, 2.24) is 4.90 Å². The number of nitrogens with zero attached hydrogens (tertiary/aromatic N) is 1. The number of nitrogens with two attached hydrogens (primary N) is 1. The number of carbonyl (C=O) groups is 1. The number of hydrogen-bond donors (Lipinski definition) is 1. The second-order valence-electron chi connectivity index (χ2n) is 5.28. The summed E-state index contributed by atoms with van der Waals surface area (Å²) in [5.74, 6) is 0.293. The highest BCUT2D eigenvalue weighted by atomic mass is 16.2. The Balaban J connectivity index is 2.52. The van der Waals surface area contributed by atoms with Crippen molar-refractivity contribution in [1.29, 1.82) is 0 Å². The molecular weight excluding hydrogens is 200 g/mol. The van der Waals surface area contributed by atoms with Crippen molar-refractivity contribution in [2.45, 2.75) is 58.9 Å². The Kier molecular flexibility index (Phi) is 4.78. The third-order valence-electron chi connectivity index (χ3n) is 3.58. The SMILES string of the molecule is CCCCCN(C(=O)C1(CN)CC1)C(C)C. The van der Waals surface area contributed by atoms with E-state index in [2.05, 4.69) is 20.8 Å². The Morgan fingerprint density at radius 1 is 1.38 bits per heavy atom. The highest BCUT2D eigenvalue weighted by Gasteiger charge is 2.50. The van der Waals surface area contributed by atoms with E-state index in [0.29, 0.717) is 18.5 Å². The molecule has 1 aliphatic carbocycles. The minimum Gasteiger partial charge on any atom is -0.340 e. The maximum Gasteiger partial charge on any atom is 0.230 e. The van der Waals surface area contributed by atoms with Gasteiger partial charge in [-0.15, -0.1) is 0 Å². The van der Waals surface area contributed by atoms with Crippen LogP contribution in [0.1, 0.15) is 52.9 Å². The van der Waals surface area contributed by atoms with Gasteiger partial charge >= 0.3 is 0 Å². The van der Waals surface area contributed by atoms with Crippen LogP contribution in [0.15, 0.2) is 0 Å². The third-order valence-corrected chi connectivity index (χ3v) is 3.58. The number of rotatable bonds is 7. The van der Waals surface area contributed by atoms with Gasteiger partial charge in [-0.05, 0) is 33.1 Å². The predicted octanol–water partition coefficient (Wildman–Crippen LogP) is 2.15. The Labute approximate surface area is 99.4 Å². The van der Waals surface area contributed by atoms with Crippen molar-refractivity contribution >= 4 is 5.91 Å². The molecule has 16 heavy (non-hydrogen) atoms. The van der Waals surface area contributed by atoms with Crippen molar-refractivity contribution in [2.24, 2.45) is 11.1 Å². The van der Waals surface area contributed by atoms with Gasteiger partial charge in [0.25, 0.3) is 0 Å². The fourth-order valence-electron chi connectivity index (χ4n) is 2.09. The van der Waals surface area contributed by atoms with Crippen LogP contribution < -0.4 is 5.73 Å². The highest BCUT2D eigenvalue weighted by Crippen LogP contribution is 2.46. The van der Waals surface area contributed by atoms with Gasteiger partial charge in [0.1, 0.15) is 0 Å². The van der Waals surface area contributed by atoms with E-state index in [0.717, 1.165) is 25.8 Å². The first kappa shape index (κ1) is 13.5. The molecule has 0 unspecified atom stereocenters. The lowest BCUT2D eigenvalue weighted by molar-refractivity contribution is -0.138. The number of carbonyl (C=O) groups excluding carboxylic acids is 1. The van der Waals surface area contributed by atoms with E-state index in [1.165, 1.54) is 12.8 Å². The largest absolute Gasteiger partial charge is 0.340 e. The molecule has 1 amide bonds. The monoisotopic (exact) mass is 226 g/mol. The Morgan fingerprint density at radius 2 is 2.00 bits per heavy atom. The second-order valence-corrected chi connectivity index (χ2v) is 5.28. The summed E-state index contributed by atoms with van der Waals surface area (Å²) in [6, 6.07) is 0.299. The molecule has 1 aliphatic rings. The van der Waals surface area contributed by atoms with Gasteiger partial charge in [-0.3, -0.25) is 4.79 Å². The quantitative estimate of drug-likeness (QED) is 0.676.